The normalized spacial score (nSPS) is 10.8. The predicted molar refractivity (Wildman–Crippen MR) is 71.4 cm³/mol. The Morgan fingerprint density at radius 1 is 0.333 bits per heavy atom. The maximum Gasteiger partial charge on any atom is -0.0533 e. The van der Waals surface area contributed by atoms with E-state index in [1.54, 1.807) is 0 Å². The second kappa shape index (κ2) is 14.0. The maximum absolute atomic E-state index is 2.29. The Morgan fingerprint density at radius 3 is 0.733 bits per heavy atom. The van der Waals surface area contributed by atoms with Gasteiger partial charge in [0.1, 0.15) is 0 Å². The Bertz CT molecular complexity index is 84.2. The van der Waals surface area contributed by atoms with Crippen LogP contribution >= 0.6 is 0 Å². The highest BCUT2D eigenvalue weighted by Gasteiger charge is 1.92. The van der Waals surface area contributed by atoms with E-state index in [1.165, 1.54) is 83.5 Å². The third-order valence-corrected chi connectivity index (χ3v) is 3.21. The molecule has 15 heavy (non-hydrogen) atoms. The fourth-order valence-corrected chi connectivity index (χ4v) is 2.09. The number of hydrogen-bond acceptors (Lipinski definition) is 0. The molecule has 92 valence electrons. The molecule has 0 rings (SSSR count). The topological polar surface area (TPSA) is 0 Å². The van der Waals surface area contributed by atoms with Crippen molar-refractivity contribution in [2.24, 2.45) is 0 Å². The minimum atomic E-state index is 1.37. The second-order valence-corrected chi connectivity index (χ2v) is 4.89. The molecular formula is C15H32. The molecule has 0 amide bonds. The molecule has 0 spiro atoms. The quantitative estimate of drug-likeness (QED) is 0.343. The number of hydrogen-bond donors (Lipinski definition) is 0. The summed E-state index contributed by atoms with van der Waals surface area (Å²) in [4.78, 5) is 0. The Kier molecular flexibility index (Phi) is 14.0. The minimum absolute atomic E-state index is 1.37. The van der Waals surface area contributed by atoms with Gasteiger partial charge in [-0.05, 0) is 0 Å². The Hall–Kier alpha value is 0. The lowest BCUT2D eigenvalue weighted by Crippen LogP contribution is -1.82. The molecule has 0 aliphatic carbocycles. The largest absolute Gasteiger partial charge is 0.0654 e. The summed E-state index contributed by atoms with van der Waals surface area (Å²) in [6.45, 7) is 4.58. The summed E-state index contributed by atoms with van der Waals surface area (Å²) in [5.74, 6) is 0. The van der Waals surface area contributed by atoms with Crippen LogP contribution in [0.1, 0.15) is 97.3 Å². The molecule has 0 heteroatoms. The highest BCUT2D eigenvalue weighted by atomic mass is 14.0. The van der Waals surface area contributed by atoms with E-state index in [4.69, 9.17) is 0 Å². The molecule has 0 aromatic carbocycles. The van der Waals surface area contributed by atoms with E-state index >= 15 is 0 Å². The van der Waals surface area contributed by atoms with Crippen LogP contribution in [0.3, 0.4) is 0 Å². The zero-order chi connectivity index (χ0) is 11.2. The maximum atomic E-state index is 2.29. The van der Waals surface area contributed by atoms with Gasteiger partial charge in [-0.1, -0.05) is 97.3 Å². The number of rotatable bonds is 12. The van der Waals surface area contributed by atoms with Crippen LogP contribution in [0.5, 0.6) is 0 Å². The smallest absolute Gasteiger partial charge is 0.0533 e. The van der Waals surface area contributed by atoms with Crippen molar-refractivity contribution in [3.63, 3.8) is 0 Å². The van der Waals surface area contributed by atoms with Crippen molar-refractivity contribution in [2.45, 2.75) is 97.3 Å². The lowest BCUT2D eigenvalue weighted by Gasteiger charge is -2.01. The Labute approximate surface area is 97.8 Å². The van der Waals surface area contributed by atoms with E-state index in [1.807, 2.05) is 0 Å². The van der Waals surface area contributed by atoms with Gasteiger partial charge in [0.15, 0.2) is 0 Å². The van der Waals surface area contributed by atoms with Crippen LogP contribution < -0.4 is 0 Å². The first-order valence-corrected chi connectivity index (χ1v) is 7.41. The van der Waals surface area contributed by atoms with Gasteiger partial charge in [-0.2, -0.15) is 0 Å². The van der Waals surface area contributed by atoms with Crippen LogP contribution in [0, 0.1) is 0 Å². The summed E-state index contributed by atoms with van der Waals surface area (Å²) in [6.07, 6.45) is 18.9. The standard InChI is InChI=1S/C15H32/c1-3-5-7-9-11-13-15-14-12-10-8-6-4-2/h3-15H2,1-2H3. The molecule has 0 bridgehead atoms. The van der Waals surface area contributed by atoms with Crippen molar-refractivity contribution in [3.8, 4) is 0 Å². The molecule has 0 unspecified atom stereocenters. The van der Waals surface area contributed by atoms with Crippen LogP contribution in [-0.2, 0) is 0 Å². The Morgan fingerprint density at radius 2 is 0.533 bits per heavy atom. The molecule has 0 aliphatic heterocycles. The Balaban J connectivity index is 2.81. The van der Waals surface area contributed by atoms with Gasteiger partial charge in [-0.25, -0.2) is 0 Å². The van der Waals surface area contributed by atoms with E-state index in [0.29, 0.717) is 0 Å². The predicted octanol–water partition coefficient (Wildman–Crippen LogP) is 6.10. The lowest BCUT2D eigenvalue weighted by molar-refractivity contribution is 0.542. The summed E-state index contributed by atoms with van der Waals surface area (Å²) in [7, 11) is 0. The first-order valence-electron chi connectivity index (χ1n) is 7.41. The summed E-state index contributed by atoms with van der Waals surface area (Å²) >= 11 is 0. The van der Waals surface area contributed by atoms with Gasteiger partial charge >= 0.3 is 0 Å². The van der Waals surface area contributed by atoms with E-state index in [2.05, 4.69) is 13.8 Å². The fraction of sp³-hybridized carbons (Fsp3) is 1.00. The van der Waals surface area contributed by atoms with Crippen molar-refractivity contribution < 1.29 is 0 Å². The van der Waals surface area contributed by atoms with Gasteiger partial charge in [-0.15, -0.1) is 0 Å². The van der Waals surface area contributed by atoms with E-state index in [9.17, 15) is 0 Å². The van der Waals surface area contributed by atoms with E-state index in [0.717, 1.165) is 0 Å². The molecule has 0 aromatic heterocycles. The minimum Gasteiger partial charge on any atom is -0.0654 e. The first kappa shape index (κ1) is 15.0. The average molecular weight is 212 g/mol. The molecule has 0 fully saturated rings. The molecule has 0 saturated heterocycles. The van der Waals surface area contributed by atoms with Gasteiger partial charge in [0.05, 0.1) is 0 Å². The average Bonchev–Trinajstić information content (AvgIpc) is 2.26. The summed E-state index contributed by atoms with van der Waals surface area (Å²) in [5, 5.41) is 0. The zero-order valence-corrected chi connectivity index (χ0v) is 11.2. The summed E-state index contributed by atoms with van der Waals surface area (Å²) in [5.41, 5.74) is 0. The van der Waals surface area contributed by atoms with Crippen LogP contribution in [0.4, 0.5) is 0 Å². The SMILES string of the molecule is CCCCCCCCCCCCCCC. The van der Waals surface area contributed by atoms with Crippen LogP contribution in [0.2, 0.25) is 0 Å². The first-order chi connectivity index (χ1) is 7.41. The van der Waals surface area contributed by atoms with Crippen molar-refractivity contribution in [3.05, 3.63) is 0 Å². The zero-order valence-electron chi connectivity index (χ0n) is 11.2. The lowest BCUT2D eigenvalue weighted by atomic mass is 10.1. The monoisotopic (exact) mass is 212 g/mol. The van der Waals surface area contributed by atoms with Crippen molar-refractivity contribution in [2.75, 3.05) is 0 Å². The highest BCUT2D eigenvalue weighted by molar-refractivity contribution is 4.47. The summed E-state index contributed by atoms with van der Waals surface area (Å²) in [6, 6.07) is 0. The van der Waals surface area contributed by atoms with E-state index < -0.39 is 0 Å². The second-order valence-electron chi connectivity index (χ2n) is 4.89. The van der Waals surface area contributed by atoms with E-state index in [-0.39, 0.29) is 0 Å². The van der Waals surface area contributed by atoms with Crippen molar-refractivity contribution >= 4 is 0 Å². The van der Waals surface area contributed by atoms with Gasteiger partial charge in [0, 0.05) is 0 Å². The molecule has 0 saturated carbocycles. The molecule has 0 N–H and O–H groups in total. The molecular weight excluding hydrogens is 180 g/mol. The molecule has 0 aliphatic rings. The van der Waals surface area contributed by atoms with Crippen molar-refractivity contribution in [1.29, 1.82) is 0 Å². The molecule has 0 atom stereocenters. The van der Waals surface area contributed by atoms with Crippen LogP contribution in [-0.4, -0.2) is 0 Å². The van der Waals surface area contributed by atoms with Gasteiger partial charge < -0.3 is 0 Å². The highest BCUT2D eigenvalue weighted by Crippen LogP contribution is 2.12. The number of unbranched alkanes of at least 4 members (excludes halogenated alkanes) is 12. The fourth-order valence-electron chi connectivity index (χ4n) is 2.09. The van der Waals surface area contributed by atoms with Crippen LogP contribution in [0.25, 0.3) is 0 Å². The summed E-state index contributed by atoms with van der Waals surface area (Å²) < 4.78 is 0. The molecule has 0 heterocycles. The molecule has 0 radical (unpaired) electrons. The third kappa shape index (κ3) is 14.0. The van der Waals surface area contributed by atoms with Crippen molar-refractivity contribution in [1.82, 2.24) is 0 Å². The molecule has 0 nitrogen and oxygen atoms in total. The third-order valence-electron chi connectivity index (χ3n) is 3.21. The van der Waals surface area contributed by atoms with Gasteiger partial charge in [0.2, 0.25) is 0 Å². The van der Waals surface area contributed by atoms with Gasteiger partial charge in [-0.3, -0.25) is 0 Å². The van der Waals surface area contributed by atoms with Gasteiger partial charge in [0.25, 0.3) is 0 Å². The molecule has 0 aromatic rings. The van der Waals surface area contributed by atoms with Crippen LogP contribution in [0.15, 0.2) is 0 Å².